The van der Waals surface area contributed by atoms with Crippen molar-refractivity contribution in [3.8, 4) is 0 Å². The minimum absolute atomic E-state index is 0.00324. The lowest BCUT2D eigenvalue weighted by Gasteiger charge is -2.43. The maximum Gasteiger partial charge on any atom is 0.252 e. The summed E-state index contributed by atoms with van der Waals surface area (Å²) in [5.74, 6) is -0.356. The highest BCUT2D eigenvalue weighted by Gasteiger charge is 2.39. The van der Waals surface area contributed by atoms with Crippen LogP contribution in [0.1, 0.15) is 35.2 Å². The maximum absolute atomic E-state index is 12.2. The van der Waals surface area contributed by atoms with Gasteiger partial charge in [-0.15, -0.1) is 0 Å². The molecule has 1 heterocycles. The predicted molar refractivity (Wildman–Crippen MR) is 86.8 cm³/mol. The second kappa shape index (κ2) is 6.32. The molecule has 0 bridgehead atoms. The molecule has 2 aromatic rings. The number of benzene rings is 1. The first-order valence-corrected chi connectivity index (χ1v) is 8.31. The SMILES string of the molecule is O=C(CNC(=O)c1ccsc1)NC1(c2ccccc2)CCC1. The standard InChI is InChI=1S/C17H18N2O2S/c20-15(11-18-16(21)13-7-10-22-12-13)19-17(8-4-9-17)14-5-2-1-3-6-14/h1-3,5-7,10,12H,4,8-9,11H2,(H,18,21)(H,19,20). The molecule has 0 spiro atoms. The smallest absolute Gasteiger partial charge is 0.252 e. The Kier molecular flexibility index (Phi) is 4.24. The zero-order chi connectivity index (χ0) is 15.4. The molecule has 114 valence electrons. The Morgan fingerprint density at radius 1 is 1.14 bits per heavy atom. The van der Waals surface area contributed by atoms with Gasteiger partial charge in [-0.1, -0.05) is 30.3 Å². The highest BCUT2D eigenvalue weighted by Crippen LogP contribution is 2.40. The normalized spacial score (nSPS) is 15.6. The van der Waals surface area contributed by atoms with Gasteiger partial charge < -0.3 is 10.6 Å². The number of amides is 2. The van der Waals surface area contributed by atoms with E-state index in [-0.39, 0.29) is 23.9 Å². The van der Waals surface area contributed by atoms with Gasteiger partial charge in [-0.25, -0.2) is 0 Å². The molecular weight excluding hydrogens is 296 g/mol. The Labute approximate surface area is 133 Å². The molecule has 1 saturated carbocycles. The summed E-state index contributed by atoms with van der Waals surface area (Å²) in [4.78, 5) is 24.0. The summed E-state index contributed by atoms with van der Waals surface area (Å²) in [7, 11) is 0. The highest BCUT2D eigenvalue weighted by atomic mass is 32.1. The van der Waals surface area contributed by atoms with Crippen LogP contribution in [-0.4, -0.2) is 18.4 Å². The van der Waals surface area contributed by atoms with Gasteiger partial charge in [0.05, 0.1) is 12.1 Å². The second-order valence-electron chi connectivity index (χ2n) is 5.54. The predicted octanol–water partition coefficient (Wildman–Crippen LogP) is 2.67. The van der Waals surface area contributed by atoms with Crippen molar-refractivity contribution in [1.29, 1.82) is 0 Å². The first-order chi connectivity index (χ1) is 10.7. The summed E-state index contributed by atoms with van der Waals surface area (Å²) in [5.41, 5.74) is 1.48. The summed E-state index contributed by atoms with van der Waals surface area (Å²) in [6, 6.07) is 11.8. The maximum atomic E-state index is 12.2. The van der Waals surface area contributed by atoms with Gasteiger partial charge >= 0.3 is 0 Å². The zero-order valence-electron chi connectivity index (χ0n) is 12.2. The van der Waals surface area contributed by atoms with Gasteiger partial charge in [-0.2, -0.15) is 11.3 Å². The molecule has 1 aliphatic carbocycles. The molecule has 0 radical (unpaired) electrons. The van der Waals surface area contributed by atoms with E-state index in [2.05, 4.69) is 10.6 Å². The minimum atomic E-state index is -0.258. The van der Waals surface area contributed by atoms with Gasteiger partial charge in [0.15, 0.2) is 0 Å². The van der Waals surface area contributed by atoms with E-state index in [1.54, 1.807) is 11.4 Å². The van der Waals surface area contributed by atoms with Crippen molar-refractivity contribution in [3.63, 3.8) is 0 Å². The quantitative estimate of drug-likeness (QED) is 0.891. The first-order valence-electron chi connectivity index (χ1n) is 7.37. The summed E-state index contributed by atoms with van der Waals surface area (Å²) in [6.07, 6.45) is 3.00. The van der Waals surface area contributed by atoms with Crippen molar-refractivity contribution in [2.24, 2.45) is 0 Å². The van der Waals surface area contributed by atoms with E-state index in [0.29, 0.717) is 5.56 Å². The van der Waals surface area contributed by atoms with Crippen molar-refractivity contribution < 1.29 is 9.59 Å². The molecule has 5 heteroatoms. The van der Waals surface area contributed by atoms with Crippen LogP contribution in [0.5, 0.6) is 0 Å². The van der Waals surface area contributed by atoms with Crippen molar-refractivity contribution >= 4 is 23.2 Å². The van der Waals surface area contributed by atoms with Crippen LogP contribution in [0.3, 0.4) is 0 Å². The third-order valence-corrected chi connectivity index (χ3v) is 4.79. The van der Waals surface area contributed by atoms with Gasteiger partial charge in [-0.05, 0) is 36.3 Å². The Morgan fingerprint density at radius 2 is 1.91 bits per heavy atom. The Morgan fingerprint density at radius 3 is 2.50 bits per heavy atom. The Bertz CT molecular complexity index is 649. The van der Waals surface area contributed by atoms with E-state index in [1.807, 2.05) is 35.7 Å². The van der Waals surface area contributed by atoms with Crippen LogP contribution in [0.2, 0.25) is 0 Å². The molecule has 0 atom stereocenters. The summed E-state index contributed by atoms with van der Waals surface area (Å²) >= 11 is 1.46. The molecule has 1 aromatic carbocycles. The van der Waals surface area contributed by atoms with E-state index in [1.165, 1.54) is 11.3 Å². The van der Waals surface area contributed by atoms with E-state index >= 15 is 0 Å². The first kappa shape index (κ1) is 14.8. The molecule has 0 unspecified atom stereocenters. The molecule has 2 N–H and O–H groups in total. The van der Waals surface area contributed by atoms with Crippen LogP contribution < -0.4 is 10.6 Å². The summed E-state index contributed by atoms with van der Waals surface area (Å²) in [5, 5.41) is 9.37. The van der Waals surface area contributed by atoms with Crippen molar-refractivity contribution in [2.45, 2.75) is 24.8 Å². The number of nitrogens with one attached hydrogen (secondary N) is 2. The molecule has 1 aliphatic rings. The van der Waals surface area contributed by atoms with Crippen LogP contribution in [0.15, 0.2) is 47.2 Å². The van der Waals surface area contributed by atoms with Gasteiger partial charge in [0.25, 0.3) is 5.91 Å². The second-order valence-corrected chi connectivity index (χ2v) is 6.32. The molecule has 2 amide bonds. The van der Waals surface area contributed by atoms with Gasteiger partial charge in [0.2, 0.25) is 5.91 Å². The number of carbonyl (C=O) groups is 2. The van der Waals surface area contributed by atoms with E-state index in [0.717, 1.165) is 24.8 Å². The van der Waals surface area contributed by atoms with E-state index in [4.69, 9.17) is 0 Å². The zero-order valence-corrected chi connectivity index (χ0v) is 13.0. The molecular formula is C17H18N2O2S. The van der Waals surface area contributed by atoms with Gasteiger partial charge in [0, 0.05) is 10.9 Å². The fourth-order valence-corrected chi connectivity index (χ4v) is 3.38. The topological polar surface area (TPSA) is 58.2 Å². The third kappa shape index (κ3) is 3.04. The Balaban J connectivity index is 1.58. The average molecular weight is 314 g/mol. The lowest BCUT2D eigenvalue weighted by Crippen LogP contribution is -2.53. The number of carbonyl (C=O) groups excluding carboxylic acids is 2. The highest BCUT2D eigenvalue weighted by molar-refractivity contribution is 7.08. The third-order valence-electron chi connectivity index (χ3n) is 4.11. The van der Waals surface area contributed by atoms with Crippen LogP contribution >= 0.6 is 11.3 Å². The lowest BCUT2D eigenvalue weighted by atomic mass is 9.72. The summed E-state index contributed by atoms with van der Waals surface area (Å²) in [6.45, 7) is 0.00324. The van der Waals surface area contributed by atoms with Crippen LogP contribution in [-0.2, 0) is 10.3 Å². The molecule has 0 aliphatic heterocycles. The van der Waals surface area contributed by atoms with Crippen LogP contribution in [0.25, 0.3) is 0 Å². The van der Waals surface area contributed by atoms with Crippen LogP contribution in [0.4, 0.5) is 0 Å². The van der Waals surface area contributed by atoms with Gasteiger partial charge in [-0.3, -0.25) is 9.59 Å². The summed E-state index contributed by atoms with van der Waals surface area (Å²) < 4.78 is 0. The lowest BCUT2D eigenvalue weighted by molar-refractivity contribution is -0.123. The fourth-order valence-electron chi connectivity index (χ4n) is 2.74. The average Bonchev–Trinajstić information content (AvgIpc) is 3.04. The molecule has 1 fully saturated rings. The molecule has 3 rings (SSSR count). The van der Waals surface area contributed by atoms with Crippen molar-refractivity contribution in [2.75, 3.05) is 6.54 Å². The van der Waals surface area contributed by atoms with Crippen molar-refractivity contribution in [3.05, 3.63) is 58.3 Å². The molecule has 4 nitrogen and oxygen atoms in total. The number of thiophene rings is 1. The molecule has 22 heavy (non-hydrogen) atoms. The number of hydrogen-bond donors (Lipinski definition) is 2. The fraction of sp³-hybridized carbons (Fsp3) is 0.294. The van der Waals surface area contributed by atoms with Crippen LogP contribution in [0, 0.1) is 0 Å². The largest absolute Gasteiger partial charge is 0.345 e. The monoisotopic (exact) mass is 314 g/mol. The van der Waals surface area contributed by atoms with E-state index in [9.17, 15) is 9.59 Å². The molecule has 0 saturated heterocycles. The van der Waals surface area contributed by atoms with Crippen molar-refractivity contribution in [1.82, 2.24) is 10.6 Å². The van der Waals surface area contributed by atoms with Gasteiger partial charge in [0.1, 0.15) is 0 Å². The molecule has 1 aromatic heterocycles. The number of hydrogen-bond acceptors (Lipinski definition) is 3. The van der Waals surface area contributed by atoms with E-state index < -0.39 is 0 Å². The number of rotatable bonds is 5. The minimum Gasteiger partial charge on any atom is -0.345 e. The Hall–Kier alpha value is -2.14.